The number of benzene rings is 3. The maximum absolute atomic E-state index is 13.2. The number of hydrogen-bond donors (Lipinski definition) is 1. The summed E-state index contributed by atoms with van der Waals surface area (Å²) in [7, 11) is -2.04. The number of sulfonamides is 1. The molecular weight excluding hydrogens is 515 g/mol. The van der Waals surface area contributed by atoms with Gasteiger partial charge < -0.3 is 9.88 Å². The van der Waals surface area contributed by atoms with Crippen molar-refractivity contribution in [3.8, 4) is 17.5 Å². The van der Waals surface area contributed by atoms with Crippen molar-refractivity contribution in [2.45, 2.75) is 43.5 Å². The topological polar surface area (TPSA) is 85.4 Å². The Morgan fingerprint density at radius 3 is 2.44 bits per heavy atom. The molecule has 0 spiro atoms. The molecule has 1 atom stereocenters. The number of hydrogen-bond acceptors (Lipinski definition) is 4. The van der Waals surface area contributed by atoms with Crippen LogP contribution in [-0.2, 0) is 21.9 Å². The Balaban J connectivity index is 1.22. The highest BCUT2D eigenvalue weighted by Crippen LogP contribution is 2.30. The Kier molecular flexibility index (Phi) is 7.49. The standard InChI is InChI=1S/C30H29FN4O3S/c1-20(22-12-14-25(31)15-13-22)33-30(36)24-10-8-21(9-11-24)19-32-39(37,38)26-16-17-28-27(18-26)34-29(35(28)2)23-6-4-3-5-7-23/h3-7,12-18,20-21,24H,8-11H2,1-2H3/p+1/t20-,21?,24?/m1/s1. The molecule has 39 heavy (non-hydrogen) atoms. The second kappa shape index (κ2) is 11.0. The van der Waals surface area contributed by atoms with Gasteiger partial charge in [0.15, 0.2) is 4.90 Å². The first kappa shape index (κ1) is 26.6. The summed E-state index contributed by atoms with van der Waals surface area (Å²) >= 11 is 0. The fraction of sp³-hybridized carbons (Fsp3) is 0.300. The summed E-state index contributed by atoms with van der Waals surface area (Å²) in [6.07, 6.45) is 2.50. The van der Waals surface area contributed by atoms with E-state index in [-0.39, 0.29) is 34.5 Å². The van der Waals surface area contributed by atoms with E-state index in [9.17, 15) is 17.6 Å². The monoisotopic (exact) mass is 545 g/mol. The molecule has 1 amide bonds. The third kappa shape index (κ3) is 5.86. The maximum Gasteiger partial charge on any atom is 0.510 e. The molecule has 1 fully saturated rings. The van der Waals surface area contributed by atoms with Crippen LogP contribution >= 0.6 is 0 Å². The van der Waals surface area contributed by atoms with Crippen molar-refractivity contribution in [2.75, 3.05) is 0 Å². The van der Waals surface area contributed by atoms with Gasteiger partial charge in [-0.15, -0.1) is 8.42 Å². The van der Waals surface area contributed by atoms with Gasteiger partial charge in [0, 0.05) is 18.5 Å². The minimum atomic E-state index is -3.94. The smallest absolute Gasteiger partial charge is 0.349 e. The number of carbonyl (C=O) groups excluding carboxylic acids is 1. The van der Waals surface area contributed by atoms with Gasteiger partial charge in [-0.25, -0.2) is 9.37 Å². The average molecular weight is 546 g/mol. The van der Waals surface area contributed by atoms with Crippen molar-refractivity contribution in [1.82, 2.24) is 14.9 Å². The summed E-state index contributed by atoms with van der Waals surface area (Å²) in [4.78, 5) is 17.5. The number of fused-ring (bicyclic) bond motifs is 1. The first-order chi connectivity index (χ1) is 18.7. The molecule has 1 aliphatic carbocycles. The summed E-state index contributed by atoms with van der Waals surface area (Å²) in [6, 6.07) is 23.2. The highest BCUT2D eigenvalue weighted by Gasteiger charge is 2.31. The summed E-state index contributed by atoms with van der Waals surface area (Å²) in [5.74, 6) is 0.0935. The number of imidazole rings is 1. The molecule has 200 valence electrons. The second-order valence-electron chi connectivity index (χ2n) is 10.0. The first-order valence-corrected chi connectivity index (χ1v) is 14.5. The van der Waals surface area contributed by atoms with Gasteiger partial charge in [0.2, 0.25) is 5.91 Å². The zero-order chi connectivity index (χ0) is 27.6. The van der Waals surface area contributed by atoms with Gasteiger partial charge in [0.25, 0.3) is 0 Å². The van der Waals surface area contributed by atoms with Crippen molar-refractivity contribution in [2.24, 2.45) is 18.9 Å². The van der Waals surface area contributed by atoms with E-state index in [1.165, 1.54) is 12.1 Å². The van der Waals surface area contributed by atoms with E-state index in [1.807, 2.05) is 48.9 Å². The maximum atomic E-state index is 13.2. The Hall–Kier alpha value is -4.03. The van der Waals surface area contributed by atoms with Crippen LogP contribution in [0.5, 0.6) is 0 Å². The quantitative estimate of drug-likeness (QED) is 0.329. The largest absolute Gasteiger partial charge is 0.510 e. The van der Waals surface area contributed by atoms with Crippen molar-refractivity contribution < 1.29 is 17.6 Å². The lowest BCUT2D eigenvalue weighted by atomic mass is 9.82. The van der Waals surface area contributed by atoms with Crippen LogP contribution in [0.3, 0.4) is 0 Å². The molecule has 1 saturated carbocycles. The third-order valence-corrected chi connectivity index (χ3v) is 8.56. The lowest BCUT2D eigenvalue weighted by Gasteiger charge is -2.24. The van der Waals surface area contributed by atoms with Gasteiger partial charge in [0.05, 0.1) is 27.2 Å². The highest BCUT2D eigenvalue weighted by atomic mass is 32.2. The van der Waals surface area contributed by atoms with Gasteiger partial charge >= 0.3 is 16.1 Å². The zero-order valence-corrected chi connectivity index (χ0v) is 22.7. The Morgan fingerprint density at radius 2 is 1.74 bits per heavy atom. The van der Waals surface area contributed by atoms with Crippen LogP contribution in [-0.4, -0.2) is 23.9 Å². The molecule has 1 N–H and O–H groups in total. The lowest BCUT2D eigenvalue weighted by Crippen LogP contribution is -2.34. The van der Waals surface area contributed by atoms with Crippen molar-refractivity contribution >= 4 is 27.0 Å². The number of aryl methyl sites for hydroxylation is 1. The molecule has 9 heteroatoms. The molecule has 0 saturated heterocycles. The fourth-order valence-corrected chi connectivity index (χ4v) is 5.93. The van der Waals surface area contributed by atoms with Crippen LogP contribution in [0.2, 0.25) is 0 Å². The predicted octanol–water partition coefficient (Wildman–Crippen LogP) is 6.08. The molecule has 0 radical (unpaired) electrons. The number of nitrogens with one attached hydrogen (secondary N) is 1. The molecule has 1 aliphatic rings. The number of aromatic nitrogens is 2. The Bertz CT molecular complexity index is 1660. The summed E-state index contributed by atoms with van der Waals surface area (Å²) in [5, 5.41) is 3.00. The number of amides is 1. The number of rotatable bonds is 5. The second-order valence-corrected chi connectivity index (χ2v) is 11.6. The van der Waals surface area contributed by atoms with Crippen molar-refractivity contribution in [3.05, 3.63) is 88.4 Å². The normalized spacial score (nSPS) is 18.2. The van der Waals surface area contributed by atoms with E-state index in [0.29, 0.717) is 31.2 Å². The van der Waals surface area contributed by atoms with Gasteiger partial charge in [-0.3, -0.25) is 4.79 Å². The minimum absolute atomic E-state index is 0.0478. The number of halogens is 1. The van der Waals surface area contributed by atoms with E-state index in [2.05, 4.69) is 20.6 Å². The van der Waals surface area contributed by atoms with E-state index >= 15 is 0 Å². The van der Waals surface area contributed by atoms with Crippen molar-refractivity contribution in [3.63, 3.8) is 0 Å². The molecule has 3 aromatic carbocycles. The van der Waals surface area contributed by atoms with Gasteiger partial charge in [-0.1, -0.05) is 42.5 Å². The Morgan fingerprint density at radius 1 is 1.05 bits per heavy atom. The minimum Gasteiger partial charge on any atom is -0.349 e. The van der Waals surface area contributed by atoms with Crippen molar-refractivity contribution in [1.29, 1.82) is 0 Å². The Labute approximate surface area is 227 Å². The summed E-state index contributed by atoms with van der Waals surface area (Å²) in [5.41, 5.74) is 3.19. The highest BCUT2D eigenvalue weighted by molar-refractivity contribution is 7.93. The van der Waals surface area contributed by atoms with Gasteiger partial charge in [-0.05, 0) is 68.5 Å². The van der Waals surface area contributed by atoms with Crippen LogP contribution in [0.25, 0.3) is 26.7 Å². The third-order valence-electron chi connectivity index (χ3n) is 7.36. The fourth-order valence-electron chi connectivity index (χ4n) is 5.03. The molecule has 1 aromatic heterocycles. The average Bonchev–Trinajstić information content (AvgIpc) is 3.28. The molecule has 4 aromatic rings. The lowest BCUT2D eigenvalue weighted by molar-refractivity contribution is -0.126. The molecule has 0 bridgehead atoms. The van der Waals surface area contributed by atoms with E-state index in [4.69, 9.17) is 0 Å². The summed E-state index contributed by atoms with van der Waals surface area (Å²) in [6.45, 7) is 1.87. The number of carbonyl (C=O) groups is 1. The first-order valence-electron chi connectivity index (χ1n) is 13.0. The van der Waals surface area contributed by atoms with Crippen LogP contribution in [0.4, 0.5) is 4.39 Å². The SMILES string of the molecule is C[C@@H](NC(=O)C1CCC(C#[N+]S(=O)(=O)c2ccc3c(c2)nc(-c2ccccc2)n3C)CC1)c1ccc(F)cc1. The molecule has 1 heterocycles. The summed E-state index contributed by atoms with van der Waals surface area (Å²) < 4.78 is 44.9. The molecule has 7 nitrogen and oxygen atoms in total. The van der Waals surface area contributed by atoms with Crippen LogP contribution in [0.15, 0.2) is 77.7 Å². The van der Waals surface area contributed by atoms with E-state index < -0.39 is 10.0 Å². The van der Waals surface area contributed by atoms with Crippen LogP contribution < -0.4 is 5.32 Å². The molecular formula is C30H30FN4O3S+. The predicted molar refractivity (Wildman–Crippen MR) is 149 cm³/mol. The van der Waals surface area contributed by atoms with Crippen LogP contribution in [0.1, 0.15) is 44.2 Å². The van der Waals surface area contributed by atoms with Gasteiger partial charge in [0.1, 0.15) is 11.6 Å². The van der Waals surface area contributed by atoms with Gasteiger partial charge in [-0.2, -0.15) is 0 Å². The van der Waals surface area contributed by atoms with E-state index in [0.717, 1.165) is 22.5 Å². The molecule has 5 rings (SSSR count). The molecule has 0 unspecified atom stereocenters. The van der Waals surface area contributed by atoms with E-state index in [1.54, 1.807) is 30.3 Å². The zero-order valence-electron chi connectivity index (χ0n) is 21.8. The van der Waals surface area contributed by atoms with Crippen LogP contribution in [0, 0.1) is 23.7 Å². The molecule has 0 aliphatic heterocycles. The number of nitrogens with zero attached hydrogens (tertiary/aromatic N) is 3.